The molecule has 0 aromatic heterocycles. The SMILES string of the molecule is CC1Cc2ccccc2N1C(=O)NCCCOCC1CC1. The van der Waals surface area contributed by atoms with Crippen molar-refractivity contribution in [3.05, 3.63) is 29.8 Å². The van der Waals surface area contributed by atoms with Crippen molar-refractivity contribution >= 4 is 11.7 Å². The van der Waals surface area contributed by atoms with Crippen LogP contribution in [0.5, 0.6) is 0 Å². The third-order valence-corrected chi connectivity index (χ3v) is 4.22. The quantitative estimate of drug-likeness (QED) is 0.818. The van der Waals surface area contributed by atoms with E-state index in [0.717, 1.165) is 37.7 Å². The summed E-state index contributed by atoms with van der Waals surface area (Å²) in [5, 5.41) is 3.01. The summed E-state index contributed by atoms with van der Waals surface area (Å²) >= 11 is 0. The Morgan fingerprint density at radius 3 is 3.00 bits per heavy atom. The van der Waals surface area contributed by atoms with Crippen molar-refractivity contribution in [2.24, 2.45) is 5.92 Å². The lowest BCUT2D eigenvalue weighted by Crippen LogP contribution is -2.43. The largest absolute Gasteiger partial charge is 0.381 e. The molecule has 0 radical (unpaired) electrons. The number of benzene rings is 1. The molecule has 2 amide bonds. The van der Waals surface area contributed by atoms with E-state index >= 15 is 0 Å². The van der Waals surface area contributed by atoms with Crippen LogP contribution in [0.2, 0.25) is 0 Å². The van der Waals surface area contributed by atoms with Crippen molar-refractivity contribution < 1.29 is 9.53 Å². The van der Waals surface area contributed by atoms with E-state index < -0.39 is 0 Å². The van der Waals surface area contributed by atoms with Gasteiger partial charge in [-0.25, -0.2) is 4.79 Å². The first-order valence-electron chi connectivity index (χ1n) is 7.98. The molecule has 3 rings (SSSR count). The van der Waals surface area contributed by atoms with Crippen LogP contribution in [0.15, 0.2) is 24.3 Å². The number of nitrogens with zero attached hydrogens (tertiary/aromatic N) is 1. The van der Waals surface area contributed by atoms with E-state index in [0.29, 0.717) is 6.54 Å². The number of amides is 2. The van der Waals surface area contributed by atoms with E-state index in [4.69, 9.17) is 4.74 Å². The van der Waals surface area contributed by atoms with Gasteiger partial charge in [0, 0.05) is 31.5 Å². The smallest absolute Gasteiger partial charge is 0.322 e. The molecule has 0 spiro atoms. The van der Waals surface area contributed by atoms with Crippen LogP contribution in [0.3, 0.4) is 0 Å². The molecule has 114 valence electrons. The van der Waals surface area contributed by atoms with E-state index in [1.165, 1.54) is 18.4 Å². The lowest BCUT2D eigenvalue weighted by Gasteiger charge is -2.23. The summed E-state index contributed by atoms with van der Waals surface area (Å²) in [5.41, 5.74) is 2.31. The summed E-state index contributed by atoms with van der Waals surface area (Å²) in [7, 11) is 0. The molecule has 1 fully saturated rings. The highest BCUT2D eigenvalue weighted by Crippen LogP contribution is 2.31. The monoisotopic (exact) mass is 288 g/mol. The molecule has 1 N–H and O–H groups in total. The van der Waals surface area contributed by atoms with Gasteiger partial charge in [-0.1, -0.05) is 18.2 Å². The Hall–Kier alpha value is -1.55. The molecule has 1 saturated carbocycles. The Bertz CT molecular complexity index is 499. The lowest BCUT2D eigenvalue weighted by atomic mass is 10.1. The van der Waals surface area contributed by atoms with Crippen molar-refractivity contribution in [3.8, 4) is 0 Å². The van der Waals surface area contributed by atoms with Crippen molar-refractivity contribution in [2.45, 2.75) is 38.6 Å². The first-order valence-corrected chi connectivity index (χ1v) is 7.98. The Labute approximate surface area is 126 Å². The highest BCUT2D eigenvalue weighted by Gasteiger charge is 2.30. The van der Waals surface area contributed by atoms with Gasteiger partial charge >= 0.3 is 6.03 Å². The Balaban J connectivity index is 1.42. The van der Waals surface area contributed by atoms with Gasteiger partial charge in [-0.2, -0.15) is 0 Å². The second-order valence-corrected chi connectivity index (χ2v) is 6.16. The van der Waals surface area contributed by atoms with Gasteiger partial charge in [-0.15, -0.1) is 0 Å². The van der Waals surface area contributed by atoms with Crippen LogP contribution in [0.4, 0.5) is 10.5 Å². The maximum absolute atomic E-state index is 12.3. The molecule has 1 aromatic carbocycles. The van der Waals surface area contributed by atoms with Crippen molar-refractivity contribution in [1.82, 2.24) is 5.32 Å². The summed E-state index contributed by atoms with van der Waals surface area (Å²) in [5.74, 6) is 0.807. The van der Waals surface area contributed by atoms with Gasteiger partial charge in [0.2, 0.25) is 0 Å². The number of ether oxygens (including phenoxy) is 1. The fourth-order valence-corrected chi connectivity index (χ4v) is 2.86. The first-order chi connectivity index (χ1) is 10.3. The van der Waals surface area contributed by atoms with Gasteiger partial charge < -0.3 is 10.1 Å². The maximum Gasteiger partial charge on any atom is 0.322 e. The summed E-state index contributed by atoms with van der Waals surface area (Å²) in [4.78, 5) is 14.2. The highest BCUT2D eigenvalue weighted by molar-refractivity contribution is 5.94. The van der Waals surface area contributed by atoms with Gasteiger partial charge in [-0.3, -0.25) is 4.90 Å². The van der Waals surface area contributed by atoms with Gasteiger partial charge in [0.1, 0.15) is 0 Å². The minimum Gasteiger partial charge on any atom is -0.381 e. The molecule has 4 nitrogen and oxygen atoms in total. The summed E-state index contributed by atoms with van der Waals surface area (Å²) in [6.45, 7) is 4.40. The molecule has 1 heterocycles. The molecule has 1 aliphatic heterocycles. The Morgan fingerprint density at radius 1 is 1.38 bits per heavy atom. The Kier molecular flexibility index (Phi) is 4.44. The third-order valence-electron chi connectivity index (χ3n) is 4.22. The van der Waals surface area contributed by atoms with Crippen LogP contribution in [-0.2, 0) is 11.2 Å². The number of hydrogen-bond acceptors (Lipinski definition) is 2. The zero-order valence-electron chi connectivity index (χ0n) is 12.7. The zero-order valence-corrected chi connectivity index (χ0v) is 12.7. The number of nitrogens with one attached hydrogen (secondary N) is 1. The molecule has 0 saturated heterocycles. The fraction of sp³-hybridized carbons (Fsp3) is 0.588. The molecule has 0 bridgehead atoms. The number of carbonyl (C=O) groups is 1. The van der Waals surface area contributed by atoms with E-state index in [9.17, 15) is 4.79 Å². The van der Waals surface area contributed by atoms with Crippen molar-refractivity contribution in [1.29, 1.82) is 0 Å². The average molecular weight is 288 g/mol. The number of hydrogen-bond donors (Lipinski definition) is 1. The molecule has 2 aliphatic rings. The van der Waals surface area contributed by atoms with Gasteiger partial charge in [0.05, 0.1) is 0 Å². The summed E-state index contributed by atoms with van der Waals surface area (Å²) < 4.78 is 5.58. The van der Waals surface area contributed by atoms with Crippen molar-refractivity contribution in [3.63, 3.8) is 0 Å². The molecule has 4 heteroatoms. The molecule has 1 unspecified atom stereocenters. The van der Waals surface area contributed by atoms with Gasteiger partial charge in [0.25, 0.3) is 0 Å². The molecule has 1 aromatic rings. The van der Waals surface area contributed by atoms with E-state index in [1.54, 1.807) is 0 Å². The fourth-order valence-electron chi connectivity index (χ4n) is 2.86. The normalized spacial score (nSPS) is 20.4. The van der Waals surface area contributed by atoms with E-state index in [2.05, 4.69) is 18.3 Å². The number of carbonyl (C=O) groups excluding carboxylic acids is 1. The standard InChI is InChI=1S/C17H24N2O2/c1-13-11-15-5-2-3-6-16(15)19(13)17(20)18-9-4-10-21-12-14-7-8-14/h2-3,5-6,13-14H,4,7-12H2,1H3,(H,18,20). The van der Waals surface area contributed by atoms with Gasteiger partial charge in [0.15, 0.2) is 0 Å². The summed E-state index contributed by atoms with van der Waals surface area (Å²) in [6.07, 6.45) is 4.46. The van der Waals surface area contributed by atoms with Crippen LogP contribution in [0, 0.1) is 5.92 Å². The number of para-hydroxylation sites is 1. The minimum atomic E-state index is 0.00893. The van der Waals surface area contributed by atoms with Crippen LogP contribution in [0.25, 0.3) is 0 Å². The van der Waals surface area contributed by atoms with Crippen molar-refractivity contribution in [2.75, 3.05) is 24.7 Å². The predicted molar refractivity (Wildman–Crippen MR) is 83.6 cm³/mol. The molecular formula is C17H24N2O2. The summed E-state index contributed by atoms with van der Waals surface area (Å²) in [6, 6.07) is 8.39. The van der Waals surface area contributed by atoms with E-state index in [1.807, 2.05) is 23.1 Å². The third kappa shape index (κ3) is 3.56. The van der Waals surface area contributed by atoms with Crippen LogP contribution in [-0.4, -0.2) is 31.8 Å². The van der Waals surface area contributed by atoms with Crippen LogP contribution >= 0.6 is 0 Å². The number of anilines is 1. The first kappa shape index (κ1) is 14.4. The molecular weight excluding hydrogens is 264 g/mol. The number of urea groups is 1. The lowest BCUT2D eigenvalue weighted by molar-refractivity contribution is 0.122. The maximum atomic E-state index is 12.3. The molecule has 1 atom stereocenters. The van der Waals surface area contributed by atoms with Crippen LogP contribution in [0.1, 0.15) is 31.7 Å². The average Bonchev–Trinajstić information content (AvgIpc) is 3.23. The minimum absolute atomic E-state index is 0.00893. The second kappa shape index (κ2) is 6.48. The zero-order chi connectivity index (χ0) is 14.7. The topological polar surface area (TPSA) is 41.6 Å². The van der Waals surface area contributed by atoms with Crippen LogP contribution < -0.4 is 10.2 Å². The highest BCUT2D eigenvalue weighted by atomic mass is 16.5. The van der Waals surface area contributed by atoms with E-state index in [-0.39, 0.29) is 12.1 Å². The molecule has 1 aliphatic carbocycles. The number of rotatable bonds is 6. The predicted octanol–water partition coefficient (Wildman–Crippen LogP) is 2.96. The Morgan fingerprint density at radius 2 is 2.19 bits per heavy atom. The molecule has 21 heavy (non-hydrogen) atoms. The number of fused-ring (bicyclic) bond motifs is 1. The van der Waals surface area contributed by atoms with Gasteiger partial charge in [-0.05, 0) is 50.2 Å². The second-order valence-electron chi connectivity index (χ2n) is 6.16.